The maximum atomic E-state index is 13.4. The average Bonchev–Trinajstić information content (AvgIpc) is 3.67. The number of ketones is 2. The molecule has 6 aromatic rings. The largest absolute Gasteiger partial charge is 0.454 e. The number of rotatable bonds is 3. The molecule has 0 aliphatic heterocycles. The maximum Gasteiger partial charge on any atom is 0.197 e. The Morgan fingerprint density at radius 1 is 0.732 bits per heavy atom. The Morgan fingerprint density at radius 3 is 2.07 bits per heavy atom. The molecule has 0 amide bonds. The minimum atomic E-state index is -0.224. The van der Waals surface area contributed by atoms with Gasteiger partial charge in [-0.2, -0.15) is 0 Å². The molecule has 4 nitrogen and oxygen atoms in total. The Hall–Kier alpha value is -4.96. The highest BCUT2D eigenvalue weighted by Crippen LogP contribution is 2.52. The minimum Gasteiger partial charge on any atom is -0.454 e. The summed E-state index contributed by atoms with van der Waals surface area (Å²) in [6.45, 7) is 7.28. The van der Waals surface area contributed by atoms with Crippen LogP contribution in [0.3, 0.4) is 0 Å². The van der Waals surface area contributed by atoms with Gasteiger partial charge >= 0.3 is 0 Å². The van der Waals surface area contributed by atoms with Crippen LogP contribution < -0.4 is 0 Å². The van der Waals surface area contributed by atoms with E-state index in [1.807, 2.05) is 42.5 Å². The second kappa shape index (κ2) is 8.28. The van der Waals surface area contributed by atoms with Crippen molar-refractivity contribution in [3.63, 3.8) is 0 Å². The Kier molecular flexibility index (Phi) is 4.82. The molecule has 2 heterocycles. The molecule has 0 unspecified atom stereocenters. The smallest absolute Gasteiger partial charge is 0.197 e. The van der Waals surface area contributed by atoms with Gasteiger partial charge in [0.2, 0.25) is 0 Å². The lowest BCUT2D eigenvalue weighted by atomic mass is 9.80. The van der Waals surface area contributed by atoms with Gasteiger partial charge in [-0.3, -0.25) is 9.59 Å². The first-order valence-corrected chi connectivity index (χ1v) is 14.1. The third-order valence-corrected chi connectivity index (χ3v) is 8.94. The third kappa shape index (κ3) is 3.22. The molecule has 0 bridgehead atoms. The van der Waals surface area contributed by atoms with Crippen LogP contribution in [0.5, 0.6) is 0 Å². The lowest BCUT2D eigenvalue weighted by Crippen LogP contribution is -2.16. The zero-order valence-corrected chi connectivity index (χ0v) is 23.1. The van der Waals surface area contributed by atoms with E-state index >= 15 is 0 Å². The summed E-state index contributed by atoms with van der Waals surface area (Å²) < 4.78 is 8.62. The van der Waals surface area contributed by atoms with Gasteiger partial charge in [0.15, 0.2) is 17.1 Å². The number of allylic oxidation sites excluding steroid dienone is 1. The standard InChI is InChI=1S/C37H27NO3/c1-4-38-23(18-29-35(39)27-16-21-10-5-6-11-22(21)17-28(27)36(29)40)19-33-31(38)20-32(41-33)26-14-9-13-25-24-12-7-8-15-30(24)37(2,3)34(25)26/h5-20H,4H2,1-3H3. The van der Waals surface area contributed by atoms with Gasteiger partial charge in [0.25, 0.3) is 0 Å². The number of fused-ring (bicyclic) bond motifs is 6. The van der Waals surface area contributed by atoms with Crippen LogP contribution in [0.1, 0.15) is 58.3 Å². The molecule has 0 N–H and O–H groups in total. The number of carbonyl (C=O) groups is 2. The predicted molar refractivity (Wildman–Crippen MR) is 163 cm³/mol. The van der Waals surface area contributed by atoms with Gasteiger partial charge in [-0.1, -0.05) is 80.6 Å². The number of furan rings is 1. The van der Waals surface area contributed by atoms with Crippen molar-refractivity contribution in [2.75, 3.05) is 0 Å². The van der Waals surface area contributed by atoms with Crippen LogP contribution in [0, 0.1) is 0 Å². The molecule has 0 spiro atoms. The molecule has 0 saturated carbocycles. The van der Waals surface area contributed by atoms with Crippen LogP contribution in [0.2, 0.25) is 0 Å². The first kappa shape index (κ1) is 23.9. The van der Waals surface area contributed by atoms with E-state index in [1.54, 1.807) is 6.08 Å². The minimum absolute atomic E-state index is 0.154. The van der Waals surface area contributed by atoms with Crippen molar-refractivity contribution in [1.82, 2.24) is 4.57 Å². The number of carbonyl (C=O) groups excluding carboxylic acids is 2. The molecule has 198 valence electrons. The fourth-order valence-electron chi connectivity index (χ4n) is 7.01. The van der Waals surface area contributed by atoms with Crippen LogP contribution in [0.15, 0.2) is 101 Å². The average molecular weight is 534 g/mol. The number of benzene rings is 4. The monoisotopic (exact) mass is 533 g/mol. The number of hydrogen-bond acceptors (Lipinski definition) is 3. The fraction of sp³-hybridized carbons (Fsp3) is 0.135. The predicted octanol–water partition coefficient (Wildman–Crippen LogP) is 8.84. The zero-order chi connectivity index (χ0) is 28.0. The van der Waals surface area contributed by atoms with Crippen molar-refractivity contribution in [2.45, 2.75) is 32.7 Å². The summed E-state index contributed by atoms with van der Waals surface area (Å²) in [5, 5.41) is 1.91. The normalized spacial score (nSPS) is 15.0. The summed E-state index contributed by atoms with van der Waals surface area (Å²) in [4.78, 5) is 26.8. The molecule has 8 rings (SSSR count). The molecule has 0 fully saturated rings. The molecule has 0 saturated heterocycles. The molecule has 0 radical (unpaired) electrons. The number of aromatic nitrogens is 1. The van der Waals surface area contributed by atoms with Crippen LogP contribution in [-0.4, -0.2) is 16.1 Å². The molecular weight excluding hydrogens is 506 g/mol. The van der Waals surface area contributed by atoms with Crippen LogP contribution in [-0.2, 0) is 12.0 Å². The third-order valence-electron chi connectivity index (χ3n) is 8.94. The van der Waals surface area contributed by atoms with Gasteiger partial charge in [-0.25, -0.2) is 0 Å². The molecule has 2 aliphatic rings. The highest BCUT2D eigenvalue weighted by Gasteiger charge is 2.38. The fourth-order valence-corrected chi connectivity index (χ4v) is 7.01. The van der Waals surface area contributed by atoms with E-state index in [9.17, 15) is 9.59 Å². The molecular formula is C37H27NO3. The van der Waals surface area contributed by atoms with E-state index in [0.29, 0.717) is 17.7 Å². The van der Waals surface area contributed by atoms with Crippen molar-refractivity contribution >= 4 is 39.5 Å². The van der Waals surface area contributed by atoms with Crippen LogP contribution in [0.4, 0.5) is 0 Å². The molecule has 0 atom stereocenters. The molecule has 4 aromatic carbocycles. The van der Waals surface area contributed by atoms with Crippen LogP contribution >= 0.6 is 0 Å². The van der Waals surface area contributed by atoms with E-state index in [2.05, 4.69) is 73.9 Å². The van der Waals surface area contributed by atoms with E-state index in [-0.39, 0.29) is 22.6 Å². The van der Waals surface area contributed by atoms with Crippen molar-refractivity contribution in [1.29, 1.82) is 0 Å². The van der Waals surface area contributed by atoms with Gasteiger partial charge in [-0.05, 0) is 58.2 Å². The Bertz CT molecular complexity index is 2090. The zero-order valence-electron chi connectivity index (χ0n) is 23.1. The van der Waals surface area contributed by atoms with Crippen LogP contribution in [0.25, 0.3) is 50.4 Å². The van der Waals surface area contributed by atoms with Gasteiger partial charge in [0.05, 0.1) is 11.1 Å². The van der Waals surface area contributed by atoms with Crippen molar-refractivity contribution in [3.8, 4) is 22.5 Å². The Morgan fingerprint density at radius 2 is 1.37 bits per heavy atom. The first-order valence-electron chi connectivity index (χ1n) is 14.1. The van der Waals surface area contributed by atoms with E-state index in [4.69, 9.17) is 4.42 Å². The molecule has 4 heteroatoms. The first-order chi connectivity index (χ1) is 19.9. The summed E-state index contributed by atoms with van der Waals surface area (Å²) >= 11 is 0. The maximum absolute atomic E-state index is 13.4. The SMILES string of the molecule is CCn1c(C=C2C(=O)c3cc4ccccc4cc3C2=O)cc2oc(-c3cccc4c3C(C)(C)c3ccccc3-4)cc21. The Labute approximate surface area is 237 Å². The summed E-state index contributed by atoms with van der Waals surface area (Å²) in [6, 6.07) is 30.6. The number of nitrogens with zero attached hydrogens (tertiary/aromatic N) is 1. The lowest BCUT2D eigenvalue weighted by Gasteiger charge is -2.23. The second-order valence-electron chi connectivity index (χ2n) is 11.5. The highest BCUT2D eigenvalue weighted by atomic mass is 16.3. The van der Waals surface area contributed by atoms with E-state index in [1.165, 1.54) is 22.3 Å². The molecule has 2 aliphatic carbocycles. The lowest BCUT2D eigenvalue weighted by molar-refractivity contribution is 0.0990. The summed E-state index contributed by atoms with van der Waals surface area (Å²) in [5.74, 6) is 0.373. The van der Waals surface area contributed by atoms with Gasteiger partial charge < -0.3 is 8.98 Å². The van der Waals surface area contributed by atoms with Gasteiger partial charge in [0.1, 0.15) is 5.76 Å². The van der Waals surface area contributed by atoms with Crippen molar-refractivity contribution in [2.24, 2.45) is 0 Å². The van der Waals surface area contributed by atoms with Gasteiger partial charge in [0, 0.05) is 46.5 Å². The summed E-state index contributed by atoms with van der Waals surface area (Å²) in [6.07, 6.45) is 1.73. The molecule has 41 heavy (non-hydrogen) atoms. The van der Waals surface area contributed by atoms with E-state index in [0.717, 1.165) is 38.9 Å². The van der Waals surface area contributed by atoms with Gasteiger partial charge in [-0.15, -0.1) is 0 Å². The Balaban J connectivity index is 1.23. The summed E-state index contributed by atoms with van der Waals surface area (Å²) in [5.41, 5.74) is 9.67. The topological polar surface area (TPSA) is 52.2 Å². The number of aryl methyl sites for hydroxylation is 1. The second-order valence-corrected chi connectivity index (χ2v) is 11.5. The quantitative estimate of drug-likeness (QED) is 0.169. The number of Topliss-reactive ketones (excluding diaryl/α,β-unsaturated/α-hetero) is 2. The summed E-state index contributed by atoms with van der Waals surface area (Å²) in [7, 11) is 0. The highest BCUT2D eigenvalue weighted by molar-refractivity contribution is 6.42. The molecule has 2 aromatic heterocycles. The number of hydrogen-bond donors (Lipinski definition) is 0. The van der Waals surface area contributed by atoms with Crippen molar-refractivity contribution in [3.05, 3.63) is 125 Å². The van der Waals surface area contributed by atoms with Crippen molar-refractivity contribution < 1.29 is 14.0 Å². The van der Waals surface area contributed by atoms with E-state index < -0.39 is 0 Å².